The lowest BCUT2D eigenvalue weighted by molar-refractivity contribution is 0.303. The highest BCUT2D eigenvalue weighted by molar-refractivity contribution is 5.06. The molecule has 1 aliphatic heterocycles. The van der Waals surface area contributed by atoms with Crippen molar-refractivity contribution < 1.29 is 4.74 Å². The van der Waals surface area contributed by atoms with Crippen molar-refractivity contribution in [1.29, 1.82) is 0 Å². The Kier molecular flexibility index (Phi) is 1.34. The molecule has 0 saturated heterocycles. The minimum Gasteiger partial charge on any atom is -0.478 e. The summed E-state index contributed by atoms with van der Waals surface area (Å²) in [6.07, 6.45) is 5.04. The molecule has 0 aromatic carbocycles. The molecule has 0 fully saturated rings. The molecule has 0 aliphatic carbocycles. The Labute approximate surface area is 59.6 Å². The normalized spacial score (nSPS) is 17.2. The van der Waals surface area contributed by atoms with E-state index in [0.29, 0.717) is 0 Å². The molecule has 3 heteroatoms. The van der Waals surface area contributed by atoms with Crippen LogP contribution in [0, 0.1) is 6.20 Å². The molecule has 2 heterocycles. The fraction of sp³-hybridized carbons (Fsp3) is 0.571. The number of hydrogen-bond donors (Lipinski definition) is 0. The van der Waals surface area contributed by atoms with Crippen LogP contribution in [0.1, 0.15) is 12.8 Å². The molecule has 1 aromatic rings. The topological polar surface area (TPSA) is 27.1 Å². The molecular weight excluding hydrogens is 128 g/mol. The Balaban J connectivity index is 2.28. The van der Waals surface area contributed by atoms with Gasteiger partial charge >= 0.3 is 0 Å². The van der Waals surface area contributed by atoms with Gasteiger partial charge in [-0.2, -0.15) is 5.10 Å². The molecule has 10 heavy (non-hydrogen) atoms. The first-order valence-corrected chi connectivity index (χ1v) is 3.53. The van der Waals surface area contributed by atoms with E-state index in [2.05, 4.69) is 11.3 Å². The van der Waals surface area contributed by atoms with Crippen LogP contribution in [0.25, 0.3) is 0 Å². The third kappa shape index (κ3) is 0.875. The van der Waals surface area contributed by atoms with Gasteiger partial charge in [-0.15, -0.1) is 0 Å². The van der Waals surface area contributed by atoms with Crippen molar-refractivity contribution in [1.82, 2.24) is 9.78 Å². The molecule has 0 amide bonds. The maximum Gasteiger partial charge on any atom is 0.212 e. The molecule has 2 rings (SSSR count). The van der Waals surface area contributed by atoms with Crippen LogP contribution in [-0.2, 0) is 6.54 Å². The predicted molar refractivity (Wildman–Crippen MR) is 35.8 cm³/mol. The highest BCUT2D eigenvalue weighted by Gasteiger charge is 2.06. The van der Waals surface area contributed by atoms with E-state index in [0.717, 1.165) is 31.9 Å². The van der Waals surface area contributed by atoms with Crippen molar-refractivity contribution in [2.45, 2.75) is 19.4 Å². The second kappa shape index (κ2) is 2.33. The number of aryl methyl sites for hydroxylation is 1. The van der Waals surface area contributed by atoms with Crippen molar-refractivity contribution in [3.05, 3.63) is 12.3 Å². The smallest absolute Gasteiger partial charge is 0.212 e. The minimum atomic E-state index is 0.819. The van der Waals surface area contributed by atoms with Gasteiger partial charge in [-0.05, 0) is 12.8 Å². The fourth-order valence-electron chi connectivity index (χ4n) is 1.09. The summed E-state index contributed by atoms with van der Waals surface area (Å²) in [4.78, 5) is 0. The third-order valence-electron chi connectivity index (χ3n) is 1.64. The van der Waals surface area contributed by atoms with Gasteiger partial charge in [-0.1, -0.05) is 0 Å². The summed E-state index contributed by atoms with van der Waals surface area (Å²) in [5, 5.41) is 3.98. The number of rotatable bonds is 0. The van der Waals surface area contributed by atoms with E-state index in [-0.39, 0.29) is 0 Å². The summed E-state index contributed by atoms with van der Waals surface area (Å²) >= 11 is 0. The quantitative estimate of drug-likeness (QED) is 0.530. The summed E-state index contributed by atoms with van der Waals surface area (Å²) in [6.45, 7) is 1.79. The maximum absolute atomic E-state index is 5.36. The summed E-state index contributed by atoms with van der Waals surface area (Å²) < 4.78 is 7.21. The molecular formula is C7H9N2O. The van der Waals surface area contributed by atoms with Gasteiger partial charge in [0.15, 0.2) is 0 Å². The van der Waals surface area contributed by atoms with E-state index in [1.807, 2.05) is 4.68 Å². The van der Waals surface area contributed by atoms with E-state index in [4.69, 9.17) is 4.74 Å². The van der Waals surface area contributed by atoms with Crippen molar-refractivity contribution in [2.75, 3.05) is 6.61 Å². The van der Waals surface area contributed by atoms with E-state index in [1.54, 1.807) is 6.07 Å². The van der Waals surface area contributed by atoms with Gasteiger partial charge in [-0.25, -0.2) is 4.68 Å². The number of aromatic nitrogens is 2. The molecule has 0 atom stereocenters. The molecule has 0 unspecified atom stereocenters. The van der Waals surface area contributed by atoms with Gasteiger partial charge in [0.25, 0.3) is 0 Å². The first-order valence-electron chi connectivity index (χ1n) is 3.53. The van der Waals surface area contributed by atoms with Crippen LogP contribution in [-0.4, -0.2) is 16.4 Å². The van der Waals surface area contributed by atoms with Gasteiger partial charge < -0.3 is 4.74 Å². The van der Waals surface area contributed by atoms with Crippen molar-refractivity contribution in [3.8, 4) is 5.88 Å². The summed E-state index contributed by atoms with van der Waals surface area (Å²) in [6, 6.07) is 1.78. The third-order valence-corrected chi connectivity index (χ3v) is 1.64. The minimum absolute atomic E-state index is 0.819. The van der Waals surface area contributed by atoms with E-state index in [1.165, 1.54) is 0 Å². The monoisotopic (exact) mass is 137 g/mol. The van der Waals surface area contributed by atoms with Crippen LogP contribution < -0.4 is 4.74 Å². The zero-order chi connectivity index (χ0) is 6.81. The number of ether oxygens (including phenoxy) is 1. The number of hydrogen-bond acceptors (Lipinski definition) is 2. The van der Waals surface area contributed by atoms with Gasteiger partial charge in [0.2, 0.25) is 5.88 Å². The van der Waals surface area contributed by atoms with Crippen LogP contribution >= 0.6 is 0 Å². The lowest BCUT2D eigenvalue weighted by atomic mass is 10.3. The highest BCUT2D eigenvalue weighted by Crippen LogP contribution is 2.13. The molecule has 0 N–H and O–H groups in total. The standard InChI is InChI=1S/C7H9N2O/c1-2-6-10-7-3-4-8-9(7)5-1/h3H,1-2,5-6H2. The Hall–Kier alpha value is -0.990. The first-order chi connectivity index (χ1) is 4.97. The average Bonchev–Trinajstić information content (AvgIpc) is 2.28. The average molecular weight is 137 g/mol. The van der Waals surface area contributed by atoms with Crippen molar-refractivity contribution in [3.63, 3.8) is 0 Å². The van der Waals surface area contributed by atoms with Crippen molar-refractivity contribution in [2.24, 2.45) is 0 Å². The largest absolute Gasteiger partial charge is 0.478 e. The molecule has 0 bridgehead atoms. The first kappa shape index (κ1) is 5.77. The summed E-state index contributed by atoms with van der Waals surface area (Å²) in [7, 11) is 0. The van der Waals surface area contributed by atoms with Gasteiger partial charge in [0.1, 0.15) is 6.20 Å². The second-order valence-corrected chi connectivity index (χ2v) is 2.39. The van der Waals surface area contributed by atoms with E-state index in [9.17, 15) is 0 Å². The van der Waals surface area contributed by atoms with Crippen LogP contribution in [0.5, 0.6) is 5.88 Å². The van der Waals surface area contributed by atoms with Gasteiger partial charge in [-0.3, -0.25) is 0 Å². The Morgan fingerprint density at radius 3 is 3.60 bits per heavy atom. The molecule has 1 aromatic heterocycles. The van der Waals surface area contributed by atoms with Crippen LogP contribution in [0.2, 0.25) is 0 Å². The van der Waals surface area contributed by atoms with Crippen LogP contribution in [0.4, 0.5) is 0 Å². The van der Waals surface area contributed by atoms with Crippen LogP contribution in [0.15, 0.2) is 6.07 Å². The molecule has 3 nitrogen and oxygen atoms in total. The molecule has 1 radical (unpaired) electrons. The fourth-order valence-corrected chi connectivity index (χ4v) is 1.09. The zero-order valence-corrected chi connectivity index (χ0v) is 5.71. The molecule has 53 valence electrons. The molecule has 0 saturated carbocycles. The Morgan fingerprint density at radius 1 is 1.60 bits per heavy atom. The summed E-state index contributed by atoms with van der Waals surface area (Å²) in [5.41, 5.74) is 0. The molecule has 0 spiro atoms. The second-order valence-electron chi connectivity index (χ2n) is 2.39. The number of nitrogens with zero attached hydrogens (tertiary/aromatic N) is 2. The van der Waals surface area contributed by atoms with Gasteiger partial charge in [0, 0.05) is 12.6 Å². The van der Waals surface area contributed by atoms with Crippen LogP contribution in [0.3, 0.4) is 0 Å². The number of fused-ring (bicyclic) bond motifs is 1. The summed E-state index contributed by atoms with van der Waals surface area (Å²) in [5.74, 6) is 0.859. The Bertz CT molecular complexity index is 199. The molecule has 1 aliphatic rings. The Morgan fingerprint density at radius 2 is 2.60 bits per heavy atom. The SMILES string of the molecule is [c]1cc2n(n1)CCCCO2. The highest BCUT2D eigenvalue weighted by atomic mass is 16.5. The van der Waals surface area contributed by atoms with Crippen molar-refractivity contribution >= 4 is 0 Å². The zero-order valence-electron chi connectivity index (χ0n) is 5.71. The van der Waals surface area contributed by atoms with E-state index >= 15 is 0 Å². The van der Waals surface area contributed by atoms with E-state index < -0.39 is 0 Å². The predicted octanol–water partition coefficient (Wildman–Crippen LogP) is 0.856. The lowest BCUT2D eigenvalue weighted by Gasteiger charge is -2.00. The lowest BCUT2D eigenvalue weighted by Crippen LogP contribution is -1.98. The van der Waals surface area contributed by atoms with Gasteiger partial charge in [0.05, 0.1) is 6.61 Å². The maximum atomic E-state index is 5.36.